The highest BCUT2D eigenvalue weighted by atomic mass is 35.5. The third-order valence-corrected chi connectivity index (χ3v) is 8.24. The van der Waals surface area contributed by atoms with Crippen molar-refractivity contribution >= 4 is 33.4 Å². The van der Waals surface area contributed by atoms with E-state index >= 15 is 0 Å². The van der Waals surface area contributed by atoms with Gasteiger partial charge in [-0.3, -0.25) is 14.4 Å². The Hall–Kier alpha value is -2.76. The second kappa shape index (κ2) is 9.85. The molecule has 182 valence electrons. The number of amides is 2. The maximum Gasteiger partial charge on any atom is 0.271 e. The van der Waals surface area contributed by atoms with Crippen LogP contribution >= 0.6 is 11.6 Å². The summed E-state index contributed by atoms with van der Waals surface area (Å²) in [4.78, 5) is 40.1. The Kier molecular flexibility index (Phi) is 7.06. The van der Waals surface area contributed by atoms with Crippen LogP contribution in [0.2, 0.25) is 5.02 Å². The summed E-state index contributed by atoms with van der Waals surface area (Å²) in [5.74, 6) is -1.13. The number of benzene rings is 1. The van der Waals surface area contributed by atoms with Crippen LogP contribution in [0, 0.1) is 0 Å². The lowest BCUT2D eigenvalue weighted by Gasteiger charge is -2.32. The first-order valence-corrected chi connectivity index (χ1v) is 12.8. The number of fused-ring (bicyclic) bond motifs is 1. The van der Waals surface area contributed by atoms with Crippen molar-refractivity contribution in [1.82, 2.24) is 19.1 Å². The van der Waals surface area contributed by atoms with E-state index in [-0.39, 0.29) is 55.3 Å². The Morgan fingerprint density at radius 2 is 1.82 bits per heavy atom. The van der Waals surface area contributed by atoms with Gasteiger partial charge in [0.25, 0.3) is 17.4 Å². The fraction of sp³-hybridized carbons (Fsp3) is 0.409. The molecule has 34 heavy (non-hydrogen) atoms. The van der Waals surface area contributed by atoms with Gasteiger partial charge in [-0.25, -0.2) is 17.1 Å². The molecule has 2 aromatic rings. The quantitative estimate of drug-likeness (QED) is 0.605. The van der Waals surface area contributed by atoms with E-state index in [4.69, 9.17) is 11.6 Å². The van der Waals surface area contributed by atoms with E-state index in [1.165, 1.54) is 9.21 Å². The molecule has 1 aromatic carbocycles. The molecule has 0 bridgehead atoms. The summed E-state index contributed by atoms with van der Waals surface area (Å²) in [6.07, 6.45) is 0.545. The number of rotatable bonds is 7. The fourth-order valence-corrected chi connectivity index (χ4v) is 5.84. The van der Waals surface area contributed by atoms with E-state index in [9.17, 15) is 27.2 Å². The zero-order chi connectivity index (χ0) is 24.5. The summed E-state index contributed by atoms with van der Waals surface area (Å²) >= 11 is 5.85. The second-order valence-electron chi connectivity index (χ2n) is 8.19. The van der Waals surface area contributed by atoms with Crippen molar-refractivity contribution in [3.8, 4) is 0 Å². The zero-order valence-electron chi connectivity index (χ0n) is 18.3. The van der Waals surface area contributed by atoms with Crippen molar-refractivity contribution in [3.63, 3.8) is 0 Å². The molecule has 0 aliphatic carbocycles. The number of carbonyl (C=O) groups excluding carboxylic acids is 2. The molecule has 0 spiro atoms. The molecule has 3 heterocycles. The number of nitrogens with zero attached hydrogens (tertiary/aromatic N) is 3. The number of hydrogen-bond donors (Lipinski definition) is 1. The van der Waals surface area contributed by atoms with Crippen molar-refractivity contribution < 1.29 is 22.4 Å². The third kappa shape index (κ3) is 4.86. The van der Waals surface area contributed by atoms with Gasteiger partial charge in [-0.1, -0.05) is 23.7 Å². The number of sulfonamides is 1. The Morgan fingerprint density at radius 3 is 2.47 bits per heavy atom. The van der Waals surface area contributed by atoms with Crippen molar-refractivity contribution in [1.29, 1.82) is 0 Å². The smallest absolute Gasteiger partial charge is 0.271 e. The molecular formula is C22H24ClFN4O5S. The minimum atomic E-state index is -3.30. The number of carbonyl (C=O) groups is 2. The van der Waals surface area contributed by atoms with Gasteiger partial charge in [0, 0.05) is 49.9 Å². The van der Waals surface area contributed by atoms with Gasteiger partial charge in [0.2, 0.25) is 10.0 Å². The van der Waals surface area contributed by atoms with E-state index in [0.29, 0.717) is 18.0 Å². The highest BCUT2D eigenvalue weighted by Crippen LogP contribution is 2.19. The van der Waals surface area contributed by atoms with Gasteiger partial charge in [0.05, 0.1) is 5.75 Å². The summed E-state index contributed by atoms with van der Waals surface area (Å²) in [6, 6.07) is 7.94. The zero-order valence-corrected chi connectivity index (χ0v) is 19.9. The van der Waals surface area contributed by atoms with E-state index in [1.54, 1.807) is 24.3 Å². The van der Waals surface area contributed by atoms with Crippen LogP contribution in [0.1, 0.15) is 38.4 Å². The summed E-state index contributed by atoms with van der Waals surface area (Å²) in [5.41, 5.74) is -0.296. The SMILES string of the molecule is O=C(NCc1ccc(Cl)cc1)c1cc(CF)c2n(c1=O)CCN(CCN1CCCS1(=O)=O)C2=O. The highest BCUT2D eigenvalue weighted by molar-refractivity contribution is 7.89. The highest BCUT2D eigenvalue weighted by Gasteiger charge is 2.33. The van der Waals surface area contributed by atoms with Crippen LogP contribution in [0.15, 0.2) is 35.1 Å². The largest absolute Gasteiger partial charge is 0.348 e. The molecule has 1 N–H and O–H groups in total. The van der Waals surface area contributed by atoms with E-state index < -0.39 is 34.1 Å². The minimum Gasteiger partial charge on any atom is -0.348 e. The molecule has 0 atom stereocenters. The fourth-order valence-electron chi connectivity index (χ4n) is 4.20. The average Bonchev–Trinajstić information content (AvgIpc) is 3.16. The number of hydrogen-bond acceptors (Lipinski definition) is 5. The average molecular weight is 511 g/mol. The van der Waals surface area contributed by atoms with Crippen molar-refractivity contribution in [2.24, 2.45) is 0 Å². The van der Waals surface area contributed by atoms with Crippen LogP contribution < -0.4 is 10.9 Å². The molecule has 4 rings (SSSR count). The van der Waals surface area contributed by atoms with Crippen LogP contribution in [0.3, 0.4) is 0 Å². The molecule has 1 aromatic heterocycles. The van der Waals surface area contributed by atoms with Gasteiger partial charge in [-0.15, -0.1) is 0 Å². The Balaban J connectivity index is 1.52. The van der Waals surface area contributed by atoms with Gasteiger partial charge in [0.1, 0.15) is 17.9 Å². The topological polar surface area (TPSA) is 109 Å². The monoisotopic (exact) mass is 510 g/mol. The van der Waals surface area contributed by atoms with Crippen LogP contribution in [-0.2, 0) is 29.8 Å². The number of halogens is 2. The molecule has 1 saturated heterocycles. The lowest BCUT2D eigenvalue weighted by Crippen LogP contribution is -2.49. The molecule has 12 heteroatoms. The van der Waals surface area contributed by atoms with Gasteiger partial charge >= 0.3 is 0 Å². The normalized spacial score (nSPS) is 17.6. The van der Waals surface area contributed by atoms with Gasteiger partial charge in [-0.05, 0) is 30.2 Å². The predicted molar refractivity (Wildman–Crippen MR) is 124 cm³/mol. The lowest BCUT2D eigenvalue weighted by molar-refractivity contribution is 0.0688. The number of aromatic nitrogens is 1. The van der Waals surface area contributed by atoms with Crippen LogP contribution in [0.4, 0.5) is 4.39 Å². The molecule has 0 saturated carbocycles. The van der Waals surface area contributed by atoms with Crippen molar-refractivity contribution in [2.45, 2.75) is 26.2 Å². The maximum atomic E-state index is 13.9. The first-order valence-electron chi connectivity index (χ1n) is 10.8. The first-order chi connectivity index (χ1) is 16.2. The molecule has 2 aliphatic rings. The van der Waals surface area contributed by atoms with Crippen LogP contribution in [0.25, 0.3) is 0 Å². The Labute approximate surface area is 201 Å². The summed E-state index contributed by atoms with van der Waals surface area (Å²) < 4.78 is 40.4. The Morgan fingerprint density at radius 1 is 1.09 bits per heavy atom. The molecule has 1 fully saturated rings. The van der Waals surface area contributed by atoms with Gasteiger partial charge < -0.3 is 14.8 Å². The second-order valence-corrected chi connectivity index (χ2v) is 10.7. The molecule has 0 radical (unpaired) electrons. The molecule has 0 unspecified atom stereocenters. The number of alkyl halides is 1. The third-order valence-electron chi connectivity index (χ3n) is 6.03. The molecular weight excluding hydrogens is 487 g/mol. The predicted octanol–water partition coefficient (Wildman–Crippen LogP) is 1.39. The minimum absolute atomic E-state index is 0.0558. The van der Waals surface area contributed by atoms with Gasteiger partial charge in [-0.2, -0.15) is 0 Å². The standard InChI is InChI=1S/C22H24ClFN4O5S/c23-17-4-2-15(3-5-17)14-25-20(29)18-12-16(13-24)19-22(31)26(8-10-28(19)21(18)30)7-9-27-6-1-11-34(27,32)33/h2-5,12H,1,6-11,13-14H2,(H,25,29). The van der Waals surface area contributed by atoms with Crippen LogP contribution in [0.5, 0.6) is 0 Å². The summed E-state index contributed by atoms with van der Waals surface area (Å²) in [7, 11) is -3.30. The molecule has 9 nitrogen and oxygen atoms in total. The van der Waals surface area contributed by atoms with E-state index in [0.717, 1.165) is 16.2 Å². The number of nitrogens with one attached hydrogen (secondary N) is 1. The maximum absolute atomic E-state index is 13.9. The van der Waals surface area contributed by atoms with Gasteiger partial charge in [0.15, 0.2) is 0 Å². The van der Waals surface area contributed by atoms with E-state index in [2.05, 4.69) is 5.32 Å². The van der Waals surface area contributed by atoms with E-state index in [1.807, 2.05) is 0 Å². The van der Waals surface area contributed by atoms with Crippen molar-refractivity contribution in [3.05, 3.63) is 68.1 Å². The Bertz CT molecular complexity index is 1280. The molecule has 2 amide bonds. The summed E-state index contributed by atoms with van der Waals surface area (Å²) in [6.45, 7) is 0.0426. The van der Waals surface area contributed by atoms with Crippen molar-refractivity contribution in [2.75, 3.05) is 31.9 Å². The number of pyridine rings is 1. The first kappa shape index (κ1) is 24.4. The van der Waals surface area contributed by atoms with Crippen LogP contribution in [-0.4, -0.2) is 65.9 Å². The summed E-state index contributed by atoms with van der Waals surface area (Å²) in [5, 5.41) is 3.19. The molecule has 2 aliphatic heterocycles. The lowest BCUT2D eigenvalue weighted by atomic mass is 10.1.